The normalized spacial score (nSPS) is 12.8. The molecule has 0 aliphatic rings. The van der Waals surface area contributed by atoms with Crippen molar-refractivity contribution in [2.75, 3.05) is 13.2 Å². The van der Waals surface area contributed by atoms with Gasteiger partial charge >= 0.3 is 13.8 Å². The lowest BCUT2D eigenvalue weighted by atomic mass is 10.0. The molecular weight excluding hydrogens is 563 g/mol. The number of ether oxygens (including phenoxy) is 2. The summed E-state index contributed by atoms with van der Waals surface area (Å²) in [6.07, 6.45) is 36.8. The Kier molecular flexibility index (Phi) is 31.4. The lowest BCUT2D eigenvalue weighted by molar-refractivity contribution is -0.153. The number of unbranched alkanes of at least 4 members (excludes halogenated alkanes) is 21. The first-order valence-electron chi connectivity index (χ1n) is 17.7. The number of carbonyl (C=O) groups is 1. The van der Waals surface area contributed by atoms with Crippen LogP contribution in [0.25, 0.3) is 0 Å². The minimum atomic E-state index is -4.66. The van der Waals surface area contributed by atoms with Crippen molar-refractivity contribution in [1.29, 1.82) is 0 Å². The fraction of sp³-hybridized carbons (Fsp3) is 0.857. The van der Waals surface area contributed by atoms with Gasteiger partial charge in [-0.15, -0.1) is 0 Å². The molecule has 0 spiro atoms. The van der Waals surface area contributed by atoms with Gasteiger partial charge in [0.05, 0.1) is 12.9 Å². The zero-order chi connectivity index (χ0) is 31.7. The second kappa shape index (κ2) is 32.3. The Hall–Kier alpha value is -1.14. The van der Waals surface area contributed by atoms with Gasteiger partial charge in [0, 0.05) is 6.42 Å². The standard InChI is InChI=1S/C35H67O7P/c1-3-5-7-9-11-13-15-17-19-21-23-25-27-29-31-40-32-34(33-41-43(37,38)39)42-35(36)30-28-26-24-22-20-18-16-14-12-10-8-6-4-2/h14,16,29,31,34H,3-13,15,17-28,30,32-33H2,1-2H3,(H2,37,38,39)/b16-14-,31-29-/t34-/m1/s1. The van der Waals surface area contributed by atoms with Crippen molar-refractivity contribution in [1.82, 2.24) is 0 Å². The molecule has 0 unspecified atom stereocenters. The third-order valence-electron chi connectivity index (χ3n) is 7.57. The number of carbonyl (C=O) groups excluding carboxylic acids is 1. The molecule has 0 fully saturated rings. The van der Waals surface area contributed by atoms with Gasteiger partial charge in [-0.3, -0.25) is 9.32 Å². The van der Waals surface area contributed by atoms with E-state index in [1.54, 1.807) is 6.26 Å². The van der Waals surface area contributed by atoms with Crippen LogP contribution in [0.3, 0.4) is 0 Å². The topological polar surface area (TPSA) is 102 Å². The fourth-order valence-corrected chi connectivity index (χ4v) is 5.29. The van der Waals surface area contributed by atoms with E-state index in [0.29, 0.717) is 0 Å². The van der Waals surface area contributed by atoms with E-state index in [-0.39, 0.29) is 13.0 Å². The second-order valence-corrected chi connectivity index (χ2v) is 13.1. The molecule has 0 rings (SSSR count). The predicted molar refractivity (Wildman–Crippen MR) is 179 cm³/mol. The predicted octanol–water partition coefficient (Wildman–Crippen LogP) is 10.9. The fourth-order valence-electron chi connectivity index (χ4n) is 4.93. The first kappa shape index (κ1) is 41.9. The van der Waals surface area contributed by atoms with Crippen LogP contribution < -0.4 is 0 Å². The van der Waals surface area contributed by atoms with E-state index in [0.717, 1.165) is 44.9 Å². The molecule has 0 aliphatic heterocycles. The summed E-state index contributed by atoms with van der Waals surface area (Å²) in [4.78, 5) is 30.4. The molecular formula is C35H67O7P. The number of hydrogen-bond donors (Lipinski definition) is 2. The molecule has 0 amide bonds. The summed E-state index contributed by atoms with van der Waals surface area (Å²) >= 11 is 0. The van der Waals surface area contributed by atoms with Crippen molar-refractivity contribution in [3.05, 3.63) is 24.5 Å². The molecule has 43 heavy (non-hydrogen) atoms. The Bertz CT molecular complexity index is 704. The molecule has 0 aromatic rings. The molecule has 0 heterocycles. The molecule has 7 nitrogen and oxygen atoms in total. The van der Waals surface area contributed by atoms with E-state index in [1.807, 2.05) is 6.08 Å². The summed E-state index contributed by atoms with van der Waals surface area (Å²) in [5.74, 6) is -0.394. The summed E-state index contributed by atoms with van der Waals surface area (Å²) in [7, 11) is -4.66. The highest BCUT2D eigenvalue weighted by atomic mass is 31.2. The van der Waals surface area contributed by atoms with E-state index < -0.39 is 26.5 Å². The summed E-state index contributed by atoms with van der Waals surface area (Å²) in [6.45, 7) is 4.07. The molecule has 0 bridgehead atoms. The number of allylic oxidation sites excluding steroid dienone is 3. The van der Waals surface area contributed by atoms with Crippen LogP contribution in [0.4, 0.5) is 0 Å². The second-order valence-electron chi connectivity index (χ2n) is 11.9. The van der Waals surface area contributed by atoms with E-state index in [4.69, 9.17) is 19.3 Å². The molecule has 0 radical (unpaired) electrons. The van der Waals surface area contributed by atoms with Crippen molar-refractivity contribution in [2.45, 2.75) is 180 Å². The third kappa shape index (κ3) is 35.2. The first-order chi connectivity index (χ1) is 20.9. The van der Waals surface area contributed by atoms with Crippen LogP contribution in [0, 0.1) is 0 Å². The number of phosphoric acid groups is 1. The van der Waals surface area contributed by atoms with E-state index in [1.165, 1.54) is 109 Å². The lowest BCUT2D eigenvalue weighted by Gasteiger charge is -2.18. The van der Waals surface area contributed by atoms with Crippen LogP contribution >= 0.6 is 7.82 Å². The molecule has 0 aliphatic carbocycles. The molecule has 254 valence electrons. The monoisotopic (exact) mass is 630 g/mol. The van der Waals surface area contributed by atoms with Crippen LogP contribution in [0.15, 0.2) is 24.5 Å². The van der Waals surface area contributed by atoms with Crippen molar-refractivity contribution < 1.29 is 33.1 Å². The number of rotatable bonds is 33. The molecule has 2 N–H and O–H groups in total. The van der Waals surface area contributed by atoms with Crippen LogP contribution in [-0.2, 0) is 23.4 Å². The van der Waals surface area contributed by atoms with Crippen LogP contribution in [0.2, 0.25) is 0 Å². The van der Waals surface area contributed by atoms with Gasteiger partial charge < -0.3 is 19.3 Å². The van der Waals surface area contributed by atoms with Gasteiger partial charge in [0.15, 0.2) is 6.10 Å². The Morgan fingerprint density at radius 1 is 0.605 bits per heavy atom. The van der Waals surface area contributed by atoms with Crippen LogP contribution in [0.1, 0.15) is 174 Å². The van der Waals surface area contributed by atoms with Crippen molar-refractivity contribution in [3.63, 3.8) is 0 Å². The maximum atomic E-state index is 12.3. The molecule has 0 aromatic carbocycles. The van der Waals surface area contributed by atoms with Crippen molar-refractivity contribution in [2.24, 2.45) is 0 Å². The summed E-state index contributed by atoms with van der Waals surface area (Å²) in [6, 6.07) is 0. The highest BCUT2D eigenvalue weighted by Crippen LogP contribution is 2.35. The number of esters is 1. The Balaban J connectivity index is 3.92. The van der Waals surface area contributed by atoms with E-state index in [2.05, 4.69) is 30.5 Å². The molecule has 1 atom stereocenters. The largest absolute Gasteiger partial charge is 0.498 e. The van der Waals surface area contributed by atoms with E-state index >= 15 is 0 Å². The van der Waals surface area contributed by atoms with Gasteiger partial charge in [0.1, 0.15) is 6.61 Å². The Morgan fingerprint density at radius 2 is 1.02 bits per heavy atom. The van der Waals surface area contributed by atoms with Gasteiger partial charge in [-0.05, 0) is 51.0 Å². The Labute approximate surface area is 264 Å². The summed E-state index contributed by atoms with van der Waals surface area (Å²) in [5, 5.41) is 0. The van der Waals surface area contributed by atoms with Gasteiger partial charge in [-0.1, -0.05) is 135 Å². The SMILES string of the molecule is CCCCCC/C=C\CCCCCCCC(=O)O[C@H](CO/C=C\CCCCCCCCCCCCCC)COP(=O)(O)O. The van der Waals surface area contributed by atoms with Gasteiger partial charge in [-0.25, -0.2) is 4.57 Å². The molecule has 0 saturated carbocycles. The average molecular weight is 631 g/mol. The van der Waals surface area contributed by atoms with Gasteiger partial charge in [0.2, 0.25) is 0 Å². The smallest absolute Gasteiger partial charge is 0.469 e. The van der Waals surface area contributed by atoms with Gasteiger partial charge in [-0.2, -0.15) is 0 Å². The summed E-state index contributed by atoms with van der Waals surface area (Å²) in [5.41, 5.74) is 0. The molecule has 0 saturated heterocycles. The highest BCUT2D eigenvalue weighted by Gasteiger charge is 2.21. The third-order valence-corrected chi connectivity index (χ3v) is 8.05. The molecule has 8 heteroatoms. The minimum Gasteiger partial charge on any atom is -0.498 e. The van der Waals surface area contributed by atoms with Crippen LogP contribution in [0.5, 0.6) is 0 Å². The maximum absolute atomic E-state index is 12.3. The minimum absolute atomic E-state index is 0.00714. The van der Waals surface area contributed by atoms with Crippen molar-refractivity contribution in [3.8, 4) is 0 Å². The lowest BCUT2D eigenvalue weighted by Crippen LogP contribution is -2.27. The maximum Gasteiger partial charge on any atom is 0.469 e. The zero-order valence-corrected chi connectivity index (χ0v) is 28.8. The number of hydrogen-bond acceptors (Lipinski definition) is 5. The van der Waals surface area contributed by atoms with Gasteiger partial charge in [0.25, 0.3) is 0 Å². The Morgan fingerprint density at radius 3 is 1.51 bits per heavy atom. The van der Waals surface area contributed by atoms with Crippen LogP contribution in [-0.4, -0.2) is 35.1 Å². The zero-order valence-electron chi connectivity index (χ0n) is 27.9. The quantitative estimate of drug-likeness (QED) is 0.0244. The van der Waals surface area contributed by atoms with Crippen molar-refractivity contribution >= 4 is 13.8 Å². The molecule has 0 aromatic heterocycles. The average Bonchev–Trinajstić information content (AvgIpc) is 2.97. The van der Waals surface area contributed by atoms with E-state index in [9.17, 15) is 9.36 Å². The highest BCUT2D eigenvalue weighted by molar-refractivity contribution is 7.46. The summed E-state index contributed by atoms with van der Waals surface area (Å²) < 4.78 is 26.6. The number of phosphoric ester groups is 1. The first-order valence-corrected chi connectivity index (χ1v) is 19.2.